The summed E-state index contributed by atoms with van der Waals surface area (Å²) in [6.07, 6.45) is 3.24. The molecular weight excluding hydrogens is 394 g/mol. The predicted octanol–water partition coefficient (Wildman–Crippen LogP) is 5.81. The van der Waals surface area contributed by atoms with E-state index in [0.29, 0.717) is 12.5 Å². The van der Waals surface area contributed by atoms with Crippen LogP contribution in [0.4, 0.5) is 0 Å². The Morgan fingerprint density at radius 1 is 0.844 bits per heavy atom. The summed E-state index contributed by atoms with van der Waals surface area (Å²) in [6, 6.07) is 31.4. The van der Waals surface area contributed by atoms with Crippen molar-refractivity contribution in [3.05, 3.63) is 108 Å². The molecule has 0 saturated carbocycles. The van der Waals surface area contributed by atoms with Crippen LogP contribution >= 0.6 is 0 Å². The van der Waals surface area contributed by atoms with Crippen molar-refractivity contribution < 1.29 is 9.53 Å². The molecule has 2 fully saturated rings. The van der Waals surface area contributed by atoms with Gasteiger partial charge in [-0.2, -0.15) is 0 Å². The van der Waals surface area contributed by atoms with Gasteiger partial charge in [0.05, 0.1) is 18.1 Å². The number of amides is 1. The Balaban J connectivity index is 1.57. The SMILES string of the molecule is CC[C@@H]1CC(Cc2ccccc2)(Cc2ccccc2)C(=O)N2[C@H](c3ccccc3)CO[C@@H]12. The molecule has 5 rings (SSSR count). The number of hydrogen-bond acceptors (Lipinski definition) is 2. The standard InChI is InChI=1S/C29H31NO2/c1-2-24-20-29(18-22-12-6-3-7-13-22,19-23-14-8-4-9-15-23)28(31)30-26(21-32-27(24)30)25-16-10-5-11-17-25/h3-17,24,26-27H,2,18-21H2,1H3/t24-,26+,27+/m1/s1. The van der Waals surface area contributed by atoms with Crippen molar-refractivity contribution in [2.45, 2.75) is 44.9 Å². The molecular formula is C29H31NO2. The highest BCUT2D eigenvalue weighted by atomic mass is 16.5. The van der Waals surface area contributed by atoms with Crippen LogP contribution in [0, 0.1) is 11.3 Å². The Labute approximate surface area is 191 Å². The number of hydrogen-bond donors (Lipinski definition) is 0. The molecule has 0 N–H and O–H groups in total. The van der Waals surface area contributed by atoms with Crippen molar-refractivity contribution in [3.8, 4) is 0 Å². The van der Waals surface area contributed by atoms with Gasteiger partial charge in [-0.1, -0.05) is 97.9 Å². The van der Waals surface area contributed by atoms with Crippen LogP contribution < -0.4 is 0 Å². The largest absolute Gasteiger partial charge is 0.355 e. The molecule has 0 aromatic heterocycles. The molecule has 3 aromatic rings. The summed E-state index contributed by atoms with van der Waals surface area (Å²) in [4.78, 5) is 16.5. The maximum absolute atomic E-state index is 14.4. The van der Waals surface area contributed by atoms with Gasteiger partial charge < -0.3 is 9.64 Å². The first-order chi connectivity index (χ1) is 15.7. The van der Waals surface area contributed by atoms with Gasteiger partial charge in [0.1, 0.15) is 6.23 Å². The van der Waals surface area contributed by atoms with Gasteiger partial charge >= 0.3 is 0 Å². The molecule has 32 heavy (non-hydrogen) atoms. The minimum Gasteiger partial charge on any atom is -0.355 e. The number of carbonyl (C=O) groups is 1. The van der Waals surface area contributed by atoms with Gasteiger partial charge in [-0.05, 0) is 42.4 Å². The van der Waals surface area contributed by atoms with E-state index in [-0.39, 0.29) is 18.2 Å². The third kappa shape index (κ3) is 3.86. The Kier molecular flexibility index (Phi) is 5.84. The van der Waals surface area contributed by atoms with Crippen LogP contribution in [0.2, 0.25) is 0 Å². The van der Waals surface area contributed by atoms with Gasteiger partial charge in [-0.3, -0.25) is 4.79 Å². The summed E-state index contributed by atoms with van der Waals surface area (Å²) >= 11 is 0. The topological polar surface area (TPSA) is 29.5 Å². The van der Waals surface area contributed by atoms with E-state index in [9.17, 15) is 4.79 Å². The highest BCUT2D eigenvalue weighted by Gasteiger charge is 2.55. The lowest BCUT2D eigenvalue weighted by atomic mass is 9.66. The molecule has 2 saturated heterocycles. The zero-order valence-corrected chi connectivity index (χ0v) is 18.7. The van der Waals surface area contributed by atoms with Crippen molar-refractivity contribution in [3.63, 3.8) is 0 Å². The fourth-order valence-corrected chi connectivity index (χ4v) is 5.72. The number of nitrogens with zero attached hydrogens (tertiary/aromatic N) is 1. The summed E-state index contributed by atoms with van der Waals surface area (Å²) < 4.78 is 6.30. The molecule has 3 heteroatoms. The number of carbonyl (C=O) groups excluding carboxylic acids is 1. The quantitative estimate of drug-likeness (QED) is 0.498. The molecule has 1 amide bonds. The molecule has 2 heterocycles. The maximum Gasteiger partial charge on any atom is 0.232 e. The third-order valence-electron chi connectivity index (χ3n) is 7.26. The first-order valence-corrected chi connectivity index (χ1v) is 11.8. The van der Waals surface area contributed by atoms with E-state index >= 15 is 0 Å². The lowest BCUT2D eigenvalue weighted by Crippen LogP contribution is -2.57. The monoisotopic (exact) mass is 425 g/mol. The summed E-state index contributed by atoms with van der Waals surface area (Å²) in [5.74, 6) is 0.570. The smallest absolute Gasteiger partial charge is 0.232 e. The number of benzene rings is 3. The first kappa shape index (κ1) is 21.0. The molecule has 0 aliphatic carbocycles. The zero-order chi connectivity index (χ0) is 22.0. The van der Waals surface area contributed by atoms with Crippen molar-refractivity contribution in [2.24, 2.45) is 11.3 Å². The molecule has 0 unspecified atom stereocenters. The van der Waals surface area contributed by atoms with Crippen LogP contribution in [-0.4, -0.2) is 23.6 Å². The van der Waals surface area contributed by atoms with Gasteiger partial charge in [-0.15, -0.1) is 0 Å². The second-order valence-electron chi connectivity index (χ2n) is 9.34. The third-order valence-corrected chi connectivity index (χ3v) is 7.26. The Morgan fingerprint density at radius 2 is 1.38 bits per heavy atom. The fourth-order valence-electron chi connectivity index (χ4n) is 5.72. The molecule has 3 atom stereocenters. The lowest BCUT2D eigenvalue weighted by molar-refractivity contribution is -0.165. The number of rotatable bonds is 6. The van der Waals surface area contributed by atoms with Gasteiger partial charge in [0, 0.05) is 5.92 Å². The van der Waals surface area contributed by atoms with Crippen LogP contribution in [0.1, 0.15) is 42.5 Å². The molecule has 3 nitrogen and oxygen atoms in total. The second-order valence-corrected chi connectivity index (χ2v) is 9.34. The molecule has 164 valence electrons. The average Bonchev–Trinajstić information content (AvgIpc) is 3.29. The molecule has 2 aliphatic rings. The van der Waals surface area contributed by atoms with E-state index in [1.54, 1.807) is 0 Å². The Morgan fingerprint density at radius 3 is 1.91 bits per heavy atom. The molecule has 2 aliphatic heterocycles. The number of ether oxygens (including phenoxy) is 1. The van der Waals surface area contributed by atoms with Gasteiger partial charge in [-0.25, -0.2) is 0 Å². The molecule has 0 bridgehead atoms. The highest BCUT2D eigenvalue weighted by molar-refractivity contribution is 5.85. The minimum atomic E-state index is -0.472. The van der Waals surface area contributed by atoms with E-state index in [1.165, 1.54) is 11.1 Å². The first-order valence-electron chi connectivity index (χ1n) is 11.8. The average molecular weight is 426 g/mol. The van der Waals surface area contributed by atoms with Crippen molar-refractivity contribution >= 4 is 5.91 Å². The Hall–Kier alpha value is -2.91. The summed E-state index contributed by atoms with van der Waals surface area (Å²) in [6.45, 7) is 2.80. The van der Waals surface area contributed by atoms with E-state index in [4.69, 9.17) is 4.74 Å². The summed E-state index contributed by atoms with van der Waals surface area (Å²) in [5.41, 5.74) is 3.14. The maximum atomic E-state index is 14.4. The van der Waals surface area contributed by atoms with Crippen molar-refractivity contribution in [1.29, 1.82) is 0 Å². The molecule has 0 radical (unpaired) electrons. The predicted molar refractivity (Wildman–Crippen MR) is 127 cm³/mol. The lowest BCUT2D eigenvalue weighted by Gasteiger charge is -2.48. The van der Waals surface area contributed by atoms with E-state index in [1.807, 2.05) is 18.2 Å². The highest BCUT2D eigenvalue weighted by Crippen LogP contribution is 2.49. The number of piperidine rings is 1. The Bertz CT molecular complexity index is 993. The van der Waals surface area contributed by atoms with Crippen LogP contribution in [0.15, 0.2) is 91.0 Å². The molecule has 0 spiro atoms. The normalized spacial score (nSPS) is 24.3. The minimum absolute atomic E-state index is 0.0195. The molecule has 3 aromatic carbocycles. The van der Waals surface area contributed by atoms with Gasteiger partial charge in [0.2, 0.25) is 5.91 Å². The summed E-state index contributed by atoms with van der Waals surface area (Å²) in [7, 11) is 0. The van der Waals surface area contributed by atoms with Crippen LogP contribution in [-0.2, 0) is 22.4 Å². The summed E-state index contributed by atoms with van der Waals surface area (Å²) in [5, 5.41) is 0. The van der Waals surface area contributed by atoms with E-state index in [2.05, 4.69) is 84.6 Å². The van der Waals surface area contributed by atoms with E-state index in [0.717, 1.165) is 31.2 Å². The van der Waals surface area contributed by atoms with Gasteiger partial charge in [0.25, 0.3) is 0 Å². The number of fused-ring (bicyclic) bond motifs is 1. The zero-order valence-electron chi connectivity index (χ0n) is 18.7. The van der Waals surface area contributed by atoms with Crippen molar-refractivity contribution in [2.75, 3.05) is 6.61 Å². The van der Waals surface area contributed by atoms with Crippen LogP contribution in [0.5, 0.6) is 0 Å². The van der Waals surface area contributed by atoms with Crippen LogP contribution in [0.25, 0.3) is 0 Å². The van der Waals surface area contributed by atoms with Crippen molar-refractivity contribution in [1.82, 2.24) is 4.90 Å². The second kappa shape index (κ2) is 8.91. The van der Waals surface area contributed by atoms with Crippen LogP contribution in [0.3, 0.4) is 0 Å². The fraction of sp³-hybridized carbons (Fsp3) is 0.345. The van der Waals surface area contributed by atoms with Gasteiger partial charge in [0.15, 0.2) is 0 Å². The van der Waals surface area contributed by atoms with E-state index < -0.39 is 5.41 Å².